The minimum absolute atomic E-state index is 0. The molecule has 148 valence electrons. The van der Waals surface area contributed by atoms with Gasteiger partial charge in [0, 0.05) is 43.4 Å². The maximum atomic E-state index is 13.0. The number of amides is 1. The third kappa shape index (κ3) is 5.98. The van der Waals surface area contributed by atoms with E-state index in [1.54, 1.807) is 12.4 Å². The molecule has 10 heteroatoms. The van der Waals surface area contributed by atoms with Crippen molar-refractivity contribution < 1.29 is 13.2 Å². The number of nitrogens with zero attached hydrogens (tertiary/aromatic N) is 2. The molecule has 1 unspecified atom stereocenters. The lowest BCUT2D eigenvalue weighted by Gasteiger charge is -2.36. The third-order valence-corrected chi connectivity index (χ3v) is 6.04. The molecule has 0 aromatic carbocycles. The summed E-state index contributed by atoms with van der Waals surface area (Å²) < 4.78 is 24.7. The molecule has 0 spiro atoms. The second kappa shape index (κ2) is 9.61. The Labute approximate surface area is 169 Å². The number of pyridine rings is 1. The standard InChI is InChI=1S/C17H22N4O3S2.ClH/c1-26(23,24)20-8-6-14-4-5-16(25-14)17(22)21-10-9-19-12-15(21)13-3-2-7-18-11-13;/h2-5,7,11,15,19-20H,6,8-10,12H2,1H3;1H. The quantitative estimate of drug-likeness (QED) is 0.723. The minimum Gasteiger partial charge on any atom is -0.328 e. The van der Waals surface area contributed by atoms with Crippen molar-refractivity contribution in [2.45, 2.75) is 12.5 Å². The zero-order chi connectivity index (χ0) is 18.6. The highest BCUT2D eigenvalue weighted by molar-refractivity contribution is 7.88. The van der Waals surface area contributed by atoms with Gasteiger partial charge in [0.05, 0.1) is 17.2 Å². The van der Waals surface area contributed by atoms with Crippen LogP contribution >= 0.6 is 23.7 Å². The topological polar surface area (TPSA) is 91.4 Å². The molecule has 0 bridgehead atoms. The fourth-order valence-corrected chi connectivity index (χ4v) is 4.38. The Morgan fingerprint density at radius 1 is 1.41 bits per heavy atom. The third-order valence-electron chi connectivity index (χ3n) is 4.18. The van der Waals surface area contributed by atoms with Crippen molar-refractivity contribution in [3.63, 3.8) is 0 Å². The van der Waals surface area contributed by atoms with Crippen LogP contribution in [0.2, 0.25) is 0 Å². The van der Waals surface area contributed by atoms with Gasteiger partial charge in [0.25, 0.3) is 5.91 Å². The van der Waals surface area contributed by atoms with Crippen molar-refractivity contribution in [3.05, 3.63) is 52.0 Å². The molecule has 0 aliphatic carbocycles. The zero-order valence-electron chi connectivity index (χ0n) is 14.9. The molecule has 1 fully saturated rings. The Bertz CT molecular complexity index is 858. The number of carbonyl (C=O) groups is 1. The smallest absolute Gasteiger partial charge is 0.264 e. The highest BCUT2D eigenvalue weighted by atomic mass is 35.5. The number of hydrogen-bond acceptors (Lipinski definition) is 6. The number of aromatic nitrogens is 1. The summed E-state index contributed by atoms with van der Waals surface area (Å²) in [7, 11) is -3.19. The molecule has 0 saturated carbocycles. The van der Waals surface area contributed by atoms with Crippen LogP contribution in [0, 0.1) is 0 Å². The molecule has 3 rings (SSSR count). The van der Waals surface area contributed by atoms with Crippen LogP contribution < -0.4 is 10.0 Å². The normalized spacial score (nSPS) is 17.4. The molecule has 1 amide bonds. The molecule has 1 atom stereocenters. The Balaban J connectivity index is 0.00000261. The van der Waals surface area contributed by atoms with Gasteiger partial charge in [-0.15, -0.1) is 23.7 Å². The Hall–Kier alpha value is -1.52. The molecule has 1 saturated heterocycles. The van der Waals surface area contributed by atoms with Crippen molar-refractivity contribution in [2.24, 2.45) is 0 Å². The van der Waals surface area contributed by atoms with E-state index in [0.717, 1.165) is 23.2 Å². The molecule has 27 heavy (non-hydrogen) atoms. The monoisotopic (exact) mass is 430 g/mol. The highest BCUT2D eigenvalue weighted by Gasteiger charge is 2.29. The largest absolute Gasteiger partial charge is 0.328 e. The van der Waals surface area contributed by atoms with E-state index in [4.69, 9.17) is 0 Å². The van der Waals surface area contributed by atoms with E-state index in [0.29, 0.717) is 30.9 Å². The fourth-order valence-electron chi connectivity index (χ4n) is 2.95. The lowest BCUT2D eigenvalue weighted by Crippen LogP contribution is -2.48. The van der Waals surface area contributed by atoms with Crippen LogP contribution in [0.4, 0.5) is 0 Å². The van der Waals surface area contributed by atoms with Crippen LogP contribution in [-0.4, -0.2) is 56.6 Å². The van der Waals surface area contributed by atoms with E-state index < -0.39 is 10.0 Å². The SMILES string of the molecule is CS(=O)(=O)NCCc1ccc(C(=O)N2CCNCC2c2cccnc2)s1.Cl. The van der Waals surface area contributed by atoms with Gasteiger partial charge in [0.2, 0.25) is 10.0 Å². The lowest BCUT2D eigenvalue weighted by atomic mass is 10.1. The second-order valence-electron chi connectivity index (χ2n) is 6.19. The first kappa shape index (κ1) is 21.8. The van der Waals surface area contributed by atoms with Gasteiger partial charge in [-0.25, -0.2) is 13.1 Å². The predicted octanol–water partition coefficient (Wildman–Crippen LogP) is 1.44. The summed E-state index contributed by atoms with van der Waals surface area (Å²) in [5, 5.41) is 3.33. The predicted molar refractivity (Wildman–Crippen MR) is 109 cm³/mol. The van der Waals surface area contributed by atoms with Crippen molar-refractivity contribution in [2.75, 3.05) is 32.4 Å². The molecule has 2 N–H and O–H groups in total. The number of piperazine rings is 1. The number of sulfonamides is 1. The van der Waals surface area contributed by atoms with Crippen molar-refractivity contribution in [1.82, 2.24) is 19.9 Å². The first-order chi connectivity index (χ1) is 12.4. The summed E-state index contributed by atoms with van der Waals surface area (Å²) in [5.74, 6) is 0.00711. The zero-order valence-corrected chi connectivity index (χ0v) is 17.4. The Morgan fingerprint density at radius 2 is 2.22 bits per heavy atom. The van der Waals surface area contributed by atoms with Crippen molar-refractivity contribution >= 4 is 39.7 Å². The summed E-state index contributed by atoms with van der Waals surface area (Å²) in [4.78, 5) is 20.7. The van der Waals surface area contributed by atoms with E-state index in [9.17, 15) is 13.2 Å². The average Bonchev–Trinajstić information content (AvgIpc) is 3.10. The van der Waals surface area contributed by atoms with E-state index in [1.807, 2.05) is 29.2 Å². The number of thiophene rings is 1. The van der Waals surface area contributed by atoms with Gasteiger partial charge in [-0.1, -0.05) is 6.07 Å². The molecular weight excluding hydrogens is 408 g/mol. The second-order valence-corrected chi connectivity index (χ2v) is 9.19. The number of carbonyl (C=O) groups excluding carboxylic acids is 1. The lowest BCUT2D eigenvalue weighted by molar-refractivity contribution is 0.0639. The summed E-state index contributed by atoms with van der Waals surface area (Å²) >= 11 is 1.42. The average molecular weight is 431 g/mol. The number of rotatable bonds is 6. The first-order valence-electron chi connectivity index (χ1n) is 8.39. The molecule has 3 heterocycles. The Kier molecular flexibility index (Phi) is 7.75. The van der Waals surface area contributed by atoms with Gasteiger partial charge < -0.3 is 10.2 Å². The maximum absolute atomic E-state index is 13.0. The molecular formula is C17H23ClN4O3S2. The van der Waals surface area contributed by atoms with Crippen molar-refractivity contribution in [1.29, 1.82) is 0 Å². The van der Waals surface area contributed by atoms with Crippen LogP contribution in [0.5, 0.6) is 0 Å². The molecule has 1 aliphatic rings. The Morgan fingerprint density at radius 3 is 2.93 bits per heavy atom. The van der Waals surface area contributed by atoms with Gasteiger partial charge in [-0.05, 0) is 30.2 Å². The van der Waals surface area contributed by atoms with Crippen LogP contribution in [-0.2, 0) is 16.4 Å². The van der Waals surface area contributed by atoms with Gasteiger partial charge in [0.15, 0.2) is 0 Å². The van der Waals surface area contributed by atoms with Gasteiger partial charge >= 0.3 is 0 Å². The summed E-state index contributed by atoms with van der Waals surface area (Å²) in [6.07, 6.45) is 5.23. The minimum atomic E-state index is -3.19. The van der Waals surface area contributed by atoms with Crippen LogP contribution in [0.25, 0.3) is 0 Å². The molecule has 2 aromatic heterocycles. The number of nitrogens with one attached hydrogen (secondary N) is 2. The molecule has 1 aliphatic heterocycles. The first-order valence-corrected chi connectivity index (χ1v) is 11.1. The summed E-state index contributed by atoms with van der Waals surface area (Å²) in [6.45, 7) is 2.44. The van der Waals surface area contributed by atoms with Gasteiger partial charge in [-0.3, -0.25) is 9.78 Å². The van der Waals surface area contributed by atoms with E-state index >= 15 is 0 Å². The van der Waals surface area contributed by atoms with Crippen LogP contribution in [0.1, 0.15) is 26.2 Å². The highest BCUT2D eigenvalue weighted by Crippen LogP contribution is 2.26. The van der Waals surface area contributed by atoms with Gasteiger partial charge in [-0.2, -0.15) is 0 Å². The maximum Gasteiger partial charge on any atom is 0.264 e. The van der Waals surface area contributed by atoms with E-state index in [2.05, 4.69) is 15.0 Å². The molecule has 0 radical (unpaired) electrons. The molecule has 7 nitrogen and oxygen atoms in total. The molecule has 2 aromatic rings. The number of hydrogen-bond donors (Lipinski definition) is 2. The fraction of sp³-hybridized carbons (Fsp3) is 0.412. The number of halogens is 1. The van der Waals surface area contributed by atoms with E-state index in [-0.39, 0.29) is 24.4 Å². The summed E-state index contributed by atoms with van der Waals surface area (Å²) in [6, 6.07) is 7.54. The van der Waals surface area contributed by atoms with E-state index in [1.165, 1.54) is 11.3 Å². The van der Waals surface area contributed by atoms with Crippen molar-refractivity contribution in [3.8, 4) is 0 Å². The van der Waals surface area contributed by atoms with Gasteiger partial charge in [0.1, 0.15) is 0 Å². The van der Waals surface area contributed by atoms with Crippen LogP contribution in [0.3, 0.4) is 0 Å². The van der Waals surface area contributed by atoms with Crippen LogP contribution in [0.15, 0.2) is 36.7 Å². The summed E-state index contributed by atoms with van der Waals surface area (Å²) in [5.41, 5.74) is 1.02.